The third kappa shape index (κ3) is 4.78. The van der Waals surface area contributed by atoms with Gasteiger partial charge in [-0.15, -0.1) is 0 Å². The molecule has 1 amide bonds. The minimum atomic E-state index is -4.56. The minimum Gasteiger partial charge on any atom is -0.317 e. The highest BCUT2D eigenvalue weighted by molar-refractivity contribution is 7.80. The van der Waals surface area contributed by atoms with Gasteiger partial charge in [0, 0.05) is 16.7 Å². The number of aromatic nitrogens is 2. The van der Waals surface area contributed by atoms with Gasteiger partial charge < -0.3 is 5.32 Å². The zero-order valence-corrected chi connectivity index (χ0v) is 15.6. The van der Waals surface area contributed by atoms with Gasteiger partial charge in [-0.1, -0.05) is 24.4 Å². The minimum absolute atomic E-state index is 0.107. The molecule has 1 heterocycles. The van der Waals surface area contributed by atoms with Crippen molar-refractivity contribution in [1.82, 2.24) is 15.1 Å². The van der Waals surface area contributed by atoms with E-state index in [2.05, 4.69) is 15.7 Å². The molecule has 10 heteroatoms. The summed E-state index contributed by atoms with van der Waals surface area (Å²) in [5, 5.41) is 9.19. The molecule has 5 nitrogen and oxygen atoms in total. The fraction of sp³-hybridized carbons (Fsp3) is 0.353. The van der Waals surface area contributed by atoms with Gasteiger partial charge in [-0.2, -0.15) is 18.3 Å². The fourth-order valence-corrected chi connectivity index (χ4v) is 3.30. The molecule has 1 aliphatic carbocycles. The van der Waals surface area contributed by atoms with Gasteiger partial charge in [-0.25, -0.2) is 4.68 Å². The topological polar surface area (TPSA) is 59.0 Å². The van der Waals surface area contributed by atoms with Gasteiger partial charge in [0.2, 0.25) is 0 Å². The molecule has 1 fully saturated rings. The monoisotopic (exact) mass is 416 g/mol. The number of hydrogen-bond acceptors (Lipinski definition) is 3. The lowest BCUT2D eigenvalue weighted by molar-refractivity contribution is -0.141. The summed E-state index contributed by atoms with van der Waals surface area (Å²) in [5.74, 6) is -0.386. The maximum Gasteiger partial charge on any atom is 0.435 e. The Morgan fingerprint density at radius 2 is 1.85 bits per heavy atom. The van der Waals surface area contributed by atoms with Crippen molar-refractivity contribution in [2.45, 2.75) is 37.9 Å². The third-order valence-electron chi connectivity index (χ3n) is 4.27. The Morgan fingerprint density at radius 1 is 1.22 bits per heavy atom. The second-order valence-electron chi connectivity index (χ2n) is 6.21. The molecule has 3 rings (SSSR count). The SMILES string of the molecule is O=C(NC(=S)Nc1cc(C(F)(F)F)nn1C1CCCC1)c1ccc(Cl)cc1. The predicted molar refractivity (Wildman–Crippen MR) is 99.9 cm³/mol. The van der Waals surface area contributed by atoms with E-state index < -0.39 is 17.8 Å². The van der Waals surface area contributed by atoms with E-state index in [-0.39, 0.29) is 17.0 Å². The summed E-state index contributed by atoms with van der Waals surface area (Å²) in [6.45, 7) is 0. The van der Waals surface area contributed by atoms with Crippen LogP contribution in [0.2, 0.25) is 5.02 Å². The van der Waals surface area contributed by atoms with Gasteiger partial charge >= 0.3 is 6.18 Å². The molecule has 2 N–H and O–H groups in total. The van der Waals surface area contributed by atoms with Crippen LogP contribution in [0.25, 0.3) is 0 Å². The molecular weight excluding hydrogens is 401 g/mol. The lowest BCUT2D eigenvalue weighted by Crippen LogP contribution is -2.34. The van der Waals surface area contributed by atoms with E-state index in [4.69, 9.17) is 23.8 Å². The number of carbonyl (C=O) groups is 1. The largest absolute Gasteiger partial charge is 0.435 e. The Morgan fingerprint density at radius 3 is 2.44 bits per heavy atom. The molecule has 0 saturated heterocycles. The zero-order valence-electron chi connectivity index (χ0n) is 14.0. The highest BCUT2D eigenvalue weighted by Gasteiger charge is 2.36. The molecule has 144 valence electrons. The number of halogens is 4. The van der Waals surface area contributed by atoms with Crippen LogP contribution in [0, 0.1) is 0 Å². The Kier molecular flexibility index (Phi) is 5.71. The quantitative estimate of drug-likeness (QED) is 0.706. The molecule has 0 unspecified atom stereocenters. The molecular formula is C17H16ClF3N4OS. The number of nitrogens with zero attached hydrogens (tertiary/aromatic N) is 2. The Hall–Kier alpha value is -2.13. The molecule has 2 aromatic rings. The van der Waals surface area contributed by atoms with Gasteiger partial charge in [-0.05, 0) is 49.3 Å². The number of hydrogen-bond donors (Lipinski definition) is 2. The van der Waals surface area contributed by atoms with Crippen LogP contribution in [0.5, 0.6) is 0 Å². The van der Waals surface area contributed by atoms with Crippen LogP contribution in [0.3, 0.4) is 0 Å². The van der Waals surface area contributed by atoms with E-state index in [9.17, 15) is 18.0 Å². The number of nitrogens with one attached hydrogen (secondary N) is 2. The molecule has 1 aromatic carbocycles. The molecule has 1 saturated carbocycles. The maximum atomic E-state index is 13.1. The Labute approximate surface area is 163 Å². The van der Waals surface area contributed by atoms with Gasteiger partial charge in [0.1, 0.15) is 5.82 Å². The van der Waals surface area contributed by atoms with Crippen LogP contribution in [0.1, 0.15) is 47.8 Å². The smallest absolute Gasteiger partial charge is 0.317 e. The number of benzene rings is 1. The molecule has 0 radical (unpaired) electrons. The van der Waals surface area contributed by atoms with E-state index in [0.717, 1.165) is 31.7 Å². The number of thiocarbonyl (C=S) groups is 1. The standard InChI is InChI=1S/C17H16ClF3N4OS/c18-11-7-5-10(6-8-11)15(26)23-16(27)22-14-9-13(17(19,20)21)24-25(14)12-3-1-2-4-12/h5-9,12H,1-4H2,(H2,22,23,26,27). The van der Waals surface area contributed by atoms with E-state index >= 15 is 0 Å². The fourth-order valence-electron chi connectivity index (χ4n) is 2.98. The second-order valence-corrected chi connectivity index (χ2v) is 7.06. The van der Waals surface area contributed by atoms with Crippen LogP contribution in [-0.2, 0) is 6.18 Å². The van der Waals surface area contributed by atoms with Gasteiger partial charge in [0.05, 0.1) is 6.04 Å². The summed E-state index contributed by atoms with van der Waals surface area (Å²) in [4.78, 5) is 12.2. The highest BCUT2D eigenvalue weighted by atomic mass is 35.5. The zero-order chi connectivity index (χ0) is 19.6. The number of carbonyl (C=O) groups excluding carboxylic acids is 1. The van der Waals surface area contributed by atoms with Crippen molar-refractivity contribution >= 4 is 40.7 Å². The van der Waals surface area contributed by atoms with Crippen molar-refractivity contribution in [2.75, 3.05) is 5.32 Å². The van der Waals surface area contributed by atoms with Crippen molar-refractivity contribution in [3.8, 4) is 0 Å². The van der Waals surface area contributed by atoms with Crippen molar-refractivity contribution in [1.29, 1.82) is 0 Å². The summed E-state index contributed by atoms with van der Waals surface area (Å²) in [6.07, 6.45) is -1.20. The molecule has 0 bridgehead atoms. The van der Waals surface area contributed by atoms with Gasteiger partial charge in [0.25, 0.3) is 5.91 Å². The van der Waals surface area contributed by atoms with E-state index in [1.165, 1.54) is 16.8 Å². The molecule has 1 aromatic heterocycles. The van der Waals surface area contributed by atoms with E-state index in [0.29, 0.717) is 10.6 Å². The van der Waals surface area contributed by atoms with Crippen molar-refractivity contribution in [3.05, 3.63) is 46.6 Å². The molecule has 0 aliphatic heterocycles. The predicted octanol–water partition coefficient (Wildman–Crippen LogP) is 4.80. The number of rotatable bonds is 3. The molecule has 0 atom stereocenters. The average Bonchev–Trinajstić information content (AvgIpc) is 3.24. The highest BCUT2D eigenvalue weighted by Crippen LogP contribution is 2.35. The van der Waals surface area contributed by atoms with Gasteiger partial charge in [0.15, 0.2) is 10.8 Å². The number of amides is 1. The van der Waals surface area contributed by atoms with Crippen LogP contribution in [-0.4, -0.2) is 20.8 Å². The normalized spacial score (nSPS) is 15.0. The summed E-state index contributed by atoms with van der Waals surface area (Å²) < 4.78 is 40.5. The van der Waals surface area contributed by atoms with Crippen molar-refractivity contribution < 1.29 is 18.0 Å². The lowest BCUT2D eigenvalue weighted by Gasteiger charge is -2.16. The maximum absolute atomic E-state index is 13.1. The lowest BCUT2D eigenvalue weighted by atomic mass is 10.2. The first-order chi connectivity index (χ1) is 12.7. The second kappa shape index (κ2) is 7.85. The average molecular weight is 417 g/mol. The summed E-state index contributed by atoms with van der Waals surface area (Å²) in [6, 6.07) is 6.92. The van der Waals surface area contributed by atoms with Crippen LogP contribution >= 0.6 is 23.8 Å². The number of anilines is 1. The first-order valence-electron chi connectivity index (χ1n) is 8.28. The van der Waals surface area contributed by atoms with Crippen molar-refractivity contribution in [3.63, 3.8) is 0 Å². The van der Waals surface area contributed by atoms with Gasteiger partial charge in [-0.3, -0.25) is 10.1 Å². The van der Waals surface area contributed by atoms with Crippen LogP contribution in [0.15, 0.2) is 30.3 Å². The van der Waals surface area contributed by atoms with Crippen LogP contribution < -0.4 is 10.6 Å². The van der Waals surface area contributed by atoms with E-state index in [1.807, 2.05) is 0 Å². The molecule has 0 spiro atoms. The summed E-state index contributed by atoms with van der Waals surface area (Å²) in [7, 11) is 0. The third-order valence-corrected chi connectivity index (χ3v) is 4.73. The Balaban J connectivity index is 1.75. The first kappa shape index (κ1) is 19.6. The summed E-state index contributed by atoms with van der Waals surface area (Å²) >= 11 is 10.9. The van der Waals surface area contributed by atoms with Crippen molar-refractivity contribution in [2.24, 2.45) is 0 Å². The van der Waals surface area contributed by atoms with Crippen LogP contribution in [0.4, 0.5) is 19.0 Å². The summed E-state index contributed by atoms with van der Waals surface area (Å²) in [5.41, 5.74) is -0.674. The number of alkyl halides is 3. The van der Waals surface area contributed by atoms with E-state index in [1.54, 1.807) is 12.1 Å². The molecule has 1 aliphatic rings. The molecule has 27 heavy (non-hydrogen) atoms. The first-order valence-corrected chi connectivity index (χ1v) is 9.07. The Bertz CT molecular complexity index is 845.